The number of hydrogen-bond donors (Lipinski definition) is 0. The summed E-state index contributed by atoms with van der Waals surface area (Å²) in [7, 11) is 0. The maximum absolute atomic E-state index is 11.3. The van der Waals surface area contributed by atoms with Crippen molar-refractivity contribution in [3.8, 4) is 0 Å². The summed E-state index contributed by atoms with van der Waals surface area (Å²) in [4.78, 5) is 26.3. The number of carbonyl (C=O) groups is 2. The molecular formula is C8H12I2N2O2. The van der Waals surface area contributed by atoms with Crippen molar-refractivity contribution in [2.45, 2.75) is 0 Å². The van der Waals surface area contributed by atoms with Gasteiger partial charge in [-0.2, -0.15) is 0 Å². The quantitative estimate of drug-likeness (QED) is 0.482. The summed E-state index contributed by atoms with van der Waals surface area (Å²) in [5.74, 6) is 0.347. The first-order valence-electron chi connectivity index (χ1n) is 4.36. The molecule has 2 amide bonds. The zero-order chi connectivity index (χ0) is 10.6. The highest BCUT2D eigenvalue weighted by Crippen LogP contribution is 2.04. The highest BCUT2D eigenvalue weighted by Gasteiger charge is 2.22. The average Bonchev–Trinajstić information content (AvgIpc) is 2.27. The monoisotopic (exact) mass is 422 g/mol. The first-order chi connectivity index (χ1) is 6.69. The van der Waals surface area contributed by atoms with Crippen molar-refractivity contribution in [3.05, 3.63) is 0 Å². The predicted octanol–water partition coefficient (Wildman–Crippen LogP) is 0.527. The Bertz CT molecular complexity index is 203. The molecule has 1 fully saturated rings. The molecule has 1 saturated heterocycles. The zero-order valence-electron chi connectivity index (χ0n) is 7.71. The lowest BCUT2D eigenvalue weighted by Crippen LogP contribution is -2.51. The van der Waals surface area contributed by atoms with Gasteiger partial charge < -0.3 is 9.80 Å². The van der Waals surface area contributed by atoms with Crippen LogP contribution in [0.5, 0.6) is 0 Å². The summed E-state index contributed by atoms with van der Waals surface area (Å²) in [6.45, 7) is 2.74. The van der Waals surface area contributed by atoms with Gasteiger partial charge in [0.2, 0.25) is 11.8 Å². The third-order valence-electron chi connectivity index (χ3n) is 2.21. The number of halogens is 2. The molecule has 0 aromatic carbocycles. The second-order valence-corrected chi connectivity index (χ2v) is 4.55. The molecule has 0 aromatic rings. The van der Waals surface area contributed by atoms with E-state index in [2.05, 4.69) is 45.2 Å². The van der Waals surface area contributed by atoms with Gasteiger partial charge in [-0.1, -0.05) is 45.2 Å². The number of hydrogen-bond acceptors (Lipinski definition) is 2. The topological polar surface area (TPSA) is 40.6 Å². The van der Waals surface area contributed by atoms with Crippen molar-refractivity contribution in [3.63, 3.8) is 0 Å². The molecule has 1 aliphatic heterocycles. The number of amides is 2. The molecule has 80 valence electrons. The van der Waals surface area contributed by atoms with Crippen LogP contribution in [0.1, 0.15) is 0 Å². The molecule has 1 aliphatic rings. The largest absolute Gasteiger partial charge is 0.338 e. The molecule has 0 N–H and O–H groups in total. The van der Waals surface area contributed by atoms with Crippen LogP contribution < -0.4 is 0 Å². The van der Waals surface area contributed by atoms with Crippen molar-refractivity contribution in [1.82, 2.24) is 9.80 Å². The minimum absolute atomic E-state index is 0.173. The molecule has 0 radical (unpaired) electrons. The van der Waals surface area contributed by atoms with Gasteiger partial charge in [0, 0.05) is 26.2 Å². The molecule has 1 rings (SSSR count). The fraction of sp³-hybridized carbons (Fsp3) is 0.750. The molecule has 4 nitrogen and oxygen atoms in total. The number of alkyl halides is 2. The number of nitrogens with zero attached hydrogens (tertiary/aromatic N) is 2. The van der Waals surface area contributed by atoms with E-state index in [1.807, 2.05) is 9.80 Å². The van der Waals surface area contributed by atoms with E-state index in [0.717, 1.165) is 0 Å². The minimum atomic E-state index is 0.173. The Labute approximate surface area is 111 Å². The molecule has 0 saturated carbocycles. The molecule has 0 aliphatic carbocycles. The molecule has 0 spiro atoms. The Morgan fingerprint density at radius 3 is 1.36 bits per heavy atom. The highest BCUT2D eigenvalue weighted by atomic mass is 127. The van der Waals surface area contributed by atoms with E-state index >= 15 is 0 Å². The van der Waals surface area contributed by atoms with E-state index in [1.165, 1.54) is 0 Å². The molecular weight excluding hydrogens is 410 g/mol. The molecule has 0 aromatic heterocycles. The van der Waals surface area contributed by atoms with Crippen LogP contribution in [0.2, 0.25) is 0 Å². The lowest BCUT2D eigenvalue weighted by molar-refractivity contribution is -0.136. The van der Waals surface area contributed by atoms with Crippen LogP contribution >= 0.6 is 45.2 Å². The lowest BCUT2D eigenvalue weighted by Gasteiger charge is -2.34. The van der Waals surface area contributed by atoms with Crippen LogP contribution in [0, 0.1) is 0 Å². The van der Waals surface area contributed by atoms with E-state index in [9.17, 15) is 9.59 Å². The van der Waals surface area contributed by atoms with Crippen LogP contribution in [0.15, 0.2) is 0 Å². The molecule has 0 unspecified atom stereocenters. The fourth-order valence-corrected chi connectivity index (χ4v) is 2.34. The van der Waals surface area contributed by atoms with Gasteiger partial charge in [-0.15, -0.1) is 0 Å². The van der Waals surface area contributed by atoms with Gasteiger partial charge in [0.15, 0.2) is 0 Å². The molecule has 1 heterocycles. The normalized spacial score (nSPS) is 17.0. The Kier molecular flexibility index (Phi) is 5.42. The number of rotatable bonds is 2. The Morgan fingerprint density at radius 1 is 0.857 bits per heavy atom. The van der Waals surface area contributed by atoms with Crippen molar-refractivity contribution < 1.29 is 9.59 Å². The lowest BCUT2D eigenvalue weighted by atomic mass is 10.3. The molecule has 14 heavy (non-hydrogen) atoms. The number of carbonyl (C=O) groups excluding carboxylic acids is 2. The van der Waals surface area contributed by atoms with Gasteiger partial charge in [-0.3, -0.25) is 9.59 Å². The third kappa shape index (κ3) is 3.21. The van der Waals surface area contributed by atoms with Gasteiger partial charge in [0.1, 0.15) is 0 Å². The smallest absolute Gasteiger partial charge is 0.232 e. The highest BCUT2D eigenvalue weighted by molar-refractivity contribution is 14.1. The fourth-order valence-electron chi connectivity index (χ4n) is 1.37. The first kappa shape index (κ1) is 12.5. The van der Waals surface area contributed by atoms with Crippen LogP contribution in [-0.2, 0) is 9.59 Å². The third-order valence-corrected chi connectivity index (χ3v) is 3.52. The summed E-state index contributed by atoms with van der Waals surface area (Å²) in [5, 5.41) is 0. The Morgan fingerprint density at radius 2 is 1.14 bits per heavy atom. The van der Waals surface area contributed by atoms with Crippen LogP contribution in [0.4, 0.5) is 0 Å². The zero-order valence-corrected chi connectivity index (χ0v) is 12.0. The Balaban J connectivity index is 2.38. The van der Waals surface area contributed by atoms with Gasteiger partial charge in [0.05, 0.1) is 8.86 Å². The van der Waals surface area contributed by atoms with E-state index in [1.54, 1.807) is 0 Å². The van der Waals surface area contributed by atoms with E-state index in [0.29, 0.717) is 35.0 Å². The summed E-state index contributed by atoms with van der Waals surface area (Å²) in [6.07, 6.45) is 0. The van der Waals surface area contributed by atoms with Gasteiger partial charge in [-0.05, 0) is 0 Å². The molecule has 0 atom stereocenters. The van der Waals surface area contributed by atoms with Crippen molar-refractivity contribution in [2.24, 2.45) is 0 Å². The summed E-state index contributed by atoms with van der Waals surface area (Å²) < 4.78 is 1.05. The van der Waals surface area contributed by atoms with E-state index < -0.39 is 0 Å². The summed E-state index contributed by atoms with van der Waals surface area (Å²) in [5.41, 5.74) is 0. The predicted molar refractivity (Wildman–Crippen MR) is 70.9 cm³/mol. The second-order valence-electron chi connectivity index (χ2n) is 3.03. The average molecular weight is 422 g/mol. The van der Waals surface area contributed by atoms with Gasteiger partial charge in [0.25, 0.3) is 0 Å². The SMILES string of the molecule is O=C(CI)N1CCN(C(=O)CI)CC1. The number of piperazine rings is 1. The minimum Gasteiger partial charge on any atom is -0.338 e. The standard InChI is InChI=1S/C8H12I2N2O2/c9-5-7(13)11-1-2-12(4-3-11)8(14)6-10/h1-6H2. The van der Waals surface area contributed by atoms with Crippen LogP contribution in [0.25, 0.3) is 0 Å². The van der Waals surface area contributed by atoms with E-state index in [4.69, 9.17) is 0 Å². The second kappa shape index (κ2) is 6.09. The maximum Gasteiger partial charge on any atom is 0.232 e. The van der Waals surface area contributed by atoms with Crippen LogP contribution in [-0.4, -0.2) is 56.6 Å². The maximum atomic E-state index is 11.3. The van der Waals surface area contributed by atoms with Crippen molar-refractivity contribution in [2.75, 3.05) is 35.0 Å². The van der Waals surface area contributed by atoms with Crippen molar-refractivity contribution in [1.29, 1.82) is 0 Å². The van der Waals surface area contributed by atoms with E-state index in [-0.39, 0.29) is 11.8 Å². The first-order valence-corrected chi connectivity index (χ1v) is 7.41. The van der Waals surface area contributed by atoms with Crippen molar-refractivity contribution >= 4 is 57.0 Å². The van der Waals surface area contributed by atoms with Gasteiger partial charge >= 0.3 is 0 Å². The molecule has 0 bridgehead atoms. The van der Waals surface area contributed by atoms with Gasteiger partial charge in [-0.25, -0.2) is 0 Å². The summed E-state index contributed by atoms with van der Waals surface area (Å²) >= 11 is 4.14. The Hall–Kier alpha value is 0.400. The van der Waals surface area contributed by atoms with Crippen LogP contribution in [0.3, 0.4) is 0 Å². The summed E-state index contributed by atoms with van der Waals surface area (Å²) in [6, 6.07) is 0. The molecule has 6 heteroatoms.